The second-order valence-electron chi connectivity index (χ2n) is 7.12. The summed E-state index contributed by atoms with van der Waals surface area (Å²) in [5.74, 6) is 0. The molecule has 0 aromatic carbocycles. The molecule has 3 aromatic rings. The number of hydrogen-bond donors (Lipinski definition) is 0. The zero-order valence-electron chi connectivity index (χ0n) is 14.5. The Morgan fingerprint density at radius 1 is 1.33 bits per heavy atom. The predicted molar refractivity (Wildman–Crippen MR) is 97.2 cm³/mol. The summed E-state index contributed by atoms with van der Waals surface area (Å²) in [6.45, 7) is 7.58. The summed E-state index contributed by atoms with van der Waals surface area (Å²) < 4.78 is 1.90. The minimum absolute atomic E-state index is 0.0926. The summed E-state index contributed by atoms with van der Waals surface area (Å²) >= 11 is 1.74. The summed E-state index contributed by atoms with van der Waals surface area (Å²) in [5, 5.41) is 5.66. The number of hydrogen-bond acceptors (Lipinski definition) is 5. The summed E-state index contributed by atoms with van der Waals surface area (Å²) in [4.78, 5) is 13.1. The number of rotatable bonds is 3. The van der Waals surface area contributed by atoms with Gasteiger partial charge in [-0.05, 0) is 38.4 Å². The number of likely N-dealkylation sites (tertiary alicyclic amines) is 1. The Bertz CT molecular complexity index is 854. The van der Waals surface area contributed by atoms with Crippen LogP contribution in [0.5, 0.6) is 0 Å². The zero-order chi connectivity index (χ0) is 16.7. The highest BCUT2D eigenvalue weighted by molar-refractivity contribution is 7.09. The molecule has 1 fully saturated rings. The number of nitrogens with zero attached hydrogens (tertiary/aromatic N) is 5. The van der Waals surface area contributed by atoms with Gasteiger partial charge in [0.25, 0.3) is 0 Å². The van der Waals surface area contributed by atoms with Crippen molar-refractivity contribution in [3.8, 4) is 0 Å². The van der Waals surface area contributed by atoms with Gasteiger partial charge in [0.2, 0.25) is 0 Å². The minimum Gasteiger partial charge on any atom is -0.297 e. The van der Waals surface area contributed by atoms with Crippen LogP contribution < -0.4 is 0 Å². The van der Waals surface area contributed by atoms with E-state index in [1.54, 1.807) is 11.3 Å². The van der Waals surface area contributed by atoms with Crippen molar-refractivity contribution < 1.29 is 0 Å². The smallest absolute Gasteiger partial charge is 0.158 e. The largest absolute Gasteiger partial charge is 0.297 e. The monoisotopic (exact) mass is 341 g/mol. The molecule has 0 N–H and O–H groups in total. The van der Waals surface area contributed by atoms with E-state index in [2.05, 4.69) is 34.0 Å². The van der Waals surface area contributed by atoms with Crippen molar-refractivity contribution in [3.63, 3.8) is 0 Å². The van der Waals surface area contributed by atoms with Crippen molar-refractivity contribution in [1.29, 1.82) is 0 Å². The summed E-state index contributed by atoms with van der Waals surface area (Å²) in [5.41, 5.74) is 5.23. The SMILES string of the molecule is Cc1nn(C)c2nc([C@]3(C)CCCN(Cc4cncs4)C3)ccc12. The molecule has 1 aliphatic rings. The maximum atomic E-state index is 4.99. The fourth-order valence-electron chi connectivity index (χ4n) is 3.87. The van der Waals surface area contributed by atoms with Crippen molar-refractivity contribution >= 4 is 22.4 Å². The lowest BCUT2D eigenvalue weighted by Gasteiger charge is -2.40. The summed E-state index contributed by atoms with van der Waals surface area (Å²) in [6, 6.07) is 4.39. The van der Waals surface area contributed by atoms with Gasteiger partial charge in [0.15, 0.2) is 5.65 Å². The fraction of sp³-hybridized carbons (Fsp3) is 0.500. The first-order valence-electron chi connectivity index (χ1n) is 8.46. The van der Waals surface area contributed by atoms with E-state index in [0.717, 1.165) is 36.4 Å². The number of piperidine rings is 1. The molecule has 0 radical (unpaired) electrons. The Balaban J connectivity index is 1.62. The van der Waals surface area contributed by atoms with E-state index in [9.17, 15) is 0 Å². The fourth-order valence-corrected chi connectivity index (χ4v) is 4.50. The number of aromatic nitrogens is 4. The molecular formula is C18H23N5S. The minimum atomic E-state index is 0.0926. The third-order valence-electron chi connectivity index (χ3n) is 5.13. The number of pyridine rings is 1. The van der Waals surface area contributed by atoms with Crippen LogP contribution in [0.2, 0.25) is 0 Å². The van der Waals surface area contributed by atoms with E-state index in [0.29, 0.717) is 0 Å². The van der Waals surface area contributed by atoms with E-state index in [1.165, 1.54) is 23.4 Å². The van der Waals surface area contributed by atoms with Crippen LogP contribution in [-0.2, 0) is 19.0 Å². The molecule has 1 saturated heterocycles. The van der Waals surface area contributed by atoms with Crippen LogP contribution in [0.15, 0.2) is 23.8 Å². The van der Waals surface area contributed by atoms with E-state index < -0.39 is 0 Å². The lowest BCUT2D eigenvalue weighted by Crippen LogP contribution is -2.44. The van der Waals surface area contributed by atoms with Crippen molar-refractivity contribution in [2.24, 2.45) is 7.05 Å². The van der Waals surface area contributed by atoms with Crippen molar-refractivity contribution in [2.75, 3.05) is 13.1 Å². The normalized spacial score (nSPS) is 22.3. The number of fused-ring (bicyclic) bond motifs is 1. The molecule has 6 heteroatoms. The van der Waals surface area contributed by atoms with Crippen LogP contribution in [0, 0.1) is 6.92 Å². The molecule has 0 unspecified atom stereocenters. The summed E-state index contributed by atoms with van der Waals surface area (Å²) in [7, 11) is 1.98. The van der Waals surface area contributed by atoms with E-state index >= 15 is 0 Å². The van der Waals surface area contributed by atoms with Crippen LogP contribution in [0.3, 0.4) is 0 Å². The van der Waals surface area contributed by atoms with Gasteiger partial charge in [-0.25, -0.2) is 4.98 Å². The first-order chi connectivity index (χ1) is 11.5. The molecule has 0 amide bonds. The molecule has 126 valence electrons. The van der Waals surface area contributed by atoms with Crippen LogP contribution in [0.25, 0.3) is 11.0 Å². The topological polar surface area (TPSA) is 46.8 Å². The van der Waals surface area contributed by atoms with Crippen molar-refractivity contribution in [2.45, 2.75) is 38.6 Å². The average molecular weight is 341 g/mol. The molecule has 1 aliphatic heterocycles. The van der Waals surface area contributed by atoms with E-state index in [1.807, 2.05) is 30.4 Å². The van der Waals surface area contributed by atoms with Gasteiger partial charge in [-0.3, -0.25) is 14.6 Å². The van der Waals surface area contributed by atoms with Crippen molar-refractivity contribution in [3.05, 3.63) is 40.1 Å². The third kappa shape index (κ3) is 2.74. The highest BCUT2D eigenvalue weighted by Crippen LogP contribution is 2.34. The molecule has 4 rings (SSSR count). The van der Waals surface area contributed by atoms with Crippen LogP contribution >= 0.6 is 11.3 Å². The standard InChI is InChI=1S/C18H23N5S/c1-13-15-5-6-16(20-17(15)22(3)21-13)18(2)7-4-8-23(11-18)10-14-9-19-12-24-14/h5-6,9,12H,4,7-8,10-11H2,1-3H3/t18-/m1/s1. The Kier molecular flexibility index (Phi) is 3.89. The highest BCUT2D eigenvalue weighted by atomic mass is 32.1. The van der Waals surface area contributed by atoms with Gasteiger partial charge in [-0.2, -0.15) is 5.10 Å². The zero-order valence-corrected chi connectivity index (χ0v) is 15.3. The quantitative estimate of drug-likeness (QED) is 0.733. The molecule has 3 aromatic heterocycles. The lowest BCUT2D eigenvalue weighted by atomic mass is 9.78. The van der Waals surface area contributed by atoms with E-state index in [4.69, 9.17) is 4.98 Å². The molecule has 0 saturated carbocycles. The molecule has 5 nitrogen and oxygen atoms in total. The summed E-state index contributed by atoms with van der Waals surface area (Å²) in [6.07, 6.45) is 4.38. The number of aryl methyl sites for hydroxylation is 2. The molecule has 0 spiro atoms. The molecular weight excluding hydrogens is 318 g/mol. The van der Waals surface area contributed by atoms with Crippen LogP contribution in [0.4, 0.5) is 0 Å². The first kappa shape index (κ1) is 15.7. The maximum Gasteiger partial charge on any atom is 0.158 e. The van der Waals surface area contributed by atoms with Gasteiger partial charge >= 0.3 is 0 Å². The second kappa shape index (κ2) is 5.93. The molecule has 24 heavy (non-hydrogen) atoms. The Morgan fingerprint density at radius 3 is 3.00 bits per heavy atom. The van der Waals surface area contributed by atoms with Gasteiger partial charge < -0.3 is 0 Å². The molecule has 0 bridgehead atoms. The first-order valence-corrected chi connectivity index (χ1v) is 9.34. The Morgan fingerprint density at radius 2 is 2.21 bits per heavy atom. The second-order valence-corrected chi connectivity index (χ2v) is 8.09. The van der Waals surface area contributed by atoms with Gasteiger partial charge in [0.05, 0.1) is 16.9 Å². The van der Waals surface area contributed by atoms with Gasteiger partial charge in [0.1, 0.15) is 0 Å². The maximum absolute atomic E-state index is 4.99. The lowest BCUT2D eigenvalue weighted by molar-refractivity contribution is 0.148. The molecule has 1 atom stereocenters. The van der Waals surface area contributed by atoms with Gasteiger partial charge in [-0.1, -0.05) is 6.92 Å². The van der Waals surface area contributed by atoms with Crippen molar-refractivity contribution in [1.82, 2.24) is 24.6 Å². The third-order valence-corrected chi connectivity index (χ3v) is 5.89. The molecule has 0 aliphatic carbocycles. The van der Waals surface area contributed by atoms with Gasteiger partial charge in [-0.15, -0.1) is 11.3 Å². The molecule has 4 heterocycles. The van der Waals surface area contributed by atoms with Gasteiger partial charge in [0, 0.05) is 42.0 Å². The van der Waals surface area contributed by atoms with Crippen LogP contribution in [0.1, 0.15) is 36.0 Å². The van der Waals surface area contributed by atoms with E-state index in [-0.39, 0.29) is 5.41 Å². The Hall–Kier alpha value is -1.79. The van der Waals surface area contributed by atoms with Crippen LogP contribution in [-0.4, -0.2) is 37.7 Å². The number of thiazole rings is 1. The highest BCUT2D eigenvalue weighted by Gasteiger charge is 2.34. The predicted octanol–water partition coefficient (Wildman–Crippen LogP) is 3.29. The average Bonchev–Trinajstić information content (AvgIpc) is 3.16. The Labute approximate surface area is 146 Å².